The average molecular weight is 191 g/mol. The number of piperidine rings is 1. The highest BCUT2D eigenvalue weighted by Crippen LogP contribution is 2.56. The van der Waals surface area contributed by atoms with Crippen molar-refractivity contribution in [3.05, 3.63) is 11.7 Å². The summed E-state index contributed by atoms with van der Waals surface area (Å²) in [5, 5.41) is 7.47. The fourth-order valence-electron chi connectivity index (χ4n) is 2.62. The minimum Gasteiger partial charge on any atom is -0.339 e. The van der Waals surface area contributed by atoms with Gasteiger partial charge in [-0.2, -0.15) is 4.98 Å². The van der Waals surface area contributed by atoms with Crippen LogP contribution in [0, 0.1) is 5.92 Å². The van der Waals surface area contributed by atoms with Gasteiger partial charge in [-0.15, -0.1) is 0 Å². The molecule has 74 valence electrons. The zero-order valence-corrected chi connectivity index (χ0v) is 7.99. The van der Waals surface area contributed by atoms with Gasteiger partial charge in [-0.1, -0.05) is 5.16 Å². The Morgan fingerprint density at radius 3 is 3.00 bits per heavy atom. The van der Waals surface area contributed by atoms with Crippen molar-refractivity contribution in [3.8, 4) is 0 Å². The minimum absolute atomic E-state index is 0.236. The first-order valence-electron chi connectivity index (χ1n) is 5.43. The molecule has 3 aliphatic rings. The first-order valence-corrected chi connectivity index (χ1v) is 5.43. The van der Waals surface area contributed by atoms with E-state index in [1.165, 1.54) is 19.3 Å². The summed E-state index contributed by atoms with van der Waals surface area (Å²) < 4.78 is 5.39. The molecule has 3 fully saturated rings. The van der Waals surface area contributed by atoms with Crippen LogP contribution in [0.5, 0.6) is 0 Å². The van der Waals surface area contributed by atoms with Crippen molar-refractivity contribution in [3.63, 3.8) is 0 Å². The molecule has 2 aliphatic carbocycles. The van der Waals surface area contributed by atoms with E-state index in [4.69, 9.17) is 4.52 Å². The maximum Gasteiger partial charge on any atom is 0.234 e. The lowest BCUT2D eigenvalue weighted by atomic mass is 10.1. The molecule has 0 amide bonds. The molecule has 0 radical (unpaired) electrons. The molecule has 4 heteroatoms. The molecule has 1 saturated heterocycles. The molecule has 0 aromatic carbocycles. The number of fused-ring (bicyclic) bond motifs is 1. The summed E-state index contributed by atoms with van der Waals surface area (Å²) in [4.78, 5) is 4.55. The van der Waals surface area contributed by atoms with Crippen LogP contribution in [0.3, 0.4) is 0 Å². The van der Waals surface area contributed by atoms with Gasteiger partial charge < -0.3 is 9.84 Å². The lowest BCUT2D eigenvalue weighted by Gasteiger charge is -2.03. The molecule has 1 aromatic rings. The molecule has 14 heavy (non-hydrogen) atoms. The van der Waals surface area contributed by atoms with Crippen molar-refractivity contribution in [1.82, 2.24) is 15.5 Å². The zero-order chi connectivity index (χ0) is 9.17. The van der Waals surface area contributed by atoms with Crippen LogP contribution in [0.15, 0.2) is 4.52 Å². The summed E-state index contributed by atoms with van der Waals surface area (Å²) in [7, 11) is 0. The fraction of sp³-hybridized carbons (Fsp3) is 0.800. The van der Waals surface area contributed by atoms with Gasteiger partial charge in [0.15, 0.2) is 5.82 Å². The predicted octanol–water partition coefficient (Wildman–Crippen LogP) is 0.808. The van der Waals surface area contributed by atoms with Crippen LogP contribution < -0.4 is 5.32 Å². The first-order chi connectivity index (χ1) is 6.88. The third-order valence-electron chi connectivity index (χ3n) is 3.87. The number of nitrogens with one attached hydrogen (secondary N) is 1. The third-order valence-corrected chi connectivity index (χ3v) is 3.87. The number of hydrogen-bond donors (Lipinski definition) is 1. The quantitative estimate of drug-likeness (QED) is 0.751. The summed E-state index contributed by atoms with van der Waals surface area (Å²) >= 11 is 0. The van der Waals surface area contributed by atoms with Gasteiger partial charge in [0.25, 0.3) is 0 Å². The molecule has 2 heterocycles. The highest BCUT2D eigenvalue weighted by Gasteiger charge is 2.62. The molecule has 1 N–H and O–H groups in total. The summed E-state index contributed by atoms with van der Waals surface area (Å²) in [5.41, 5.74) is 0.236. The molecule has 2 saturated carbocycles. The Bertz CT molecular complexity index is 384. The van der Waals surface area contributed by atoms with E-state index in [1.54, 1.807) is 0 Å². The third kappa shape index (κ3) is 0.823. The Hall–Kier alpha value is -0.900. The summed E-state index contributed by atoms with van der Waals surface area (Å²) in [5.74, 6) is 3.21. The maximum atomic E-state index is 5.39. The van der Waals surface area contributed by atoms with E-state index in [0.717, 1.165) is 30.7 Å². The Balaban J connectivity index is 1.69. The molecule has 4 rings (SSSR count). The van der Waals surface area contributed by atoms with Crippen LogP contribution in [0.1, 0.15) is 36.9 Å². The van der Waals surface area contributed by atoms with Crippen LogP contribution >= 0.6 is 0 Å². The predicted molar refractivity (Wildman–Crippen MR) is 48.9 cm³/mol. The molecule has 2 unspecified atom stereocenters. The number of hydrogen-bond acceptors (Lipinski definition) is 4. The van der Waals surface area contributed by atoms with Gasteiger partial charge >= 0.3 is 0 Å². The molecule has 2 atom stereocenters. The number of aromatic nitrogens is 2. The van der Waals surface area contributed by atoms with Gasteiger partial charge in [0.2, 0.25) is 5.89 Å². The van der Waals surface area contributed by atoms with Crippen molar-refractivity contribution in [1.29, 1.82) is 0 Å². The molecular formula is C10H13N3O. The van der Waals surface area contributed by atoms with Crippen LogP contribution in [0.4, 0.5) is 0 Å². The minimum atomic E-state index is 0.236. The molecular weight excluding hydrogens is 178 g/mol. The molecule has 0 bridgehead atoms. The monoisotopic (exact) mass is 191 g/mol. The van der Waals surface area contributed by atoms with Gasteiger partial charge in [0, 0.05) is 12.5 Å². The zero-order valence-electron chi connectivity index (χ0n) is 7.99. The van der Waals surface area contributed by atoms with Gasteiger partial charge in [-0.25, -0.2) is 0 Å². The Labute approximate surface area is 82.1 Å². The van der Waals surface area contributed by atoms with Crippen molar-refractivity contribution in [2.45, 2.75) is 30.6 Å². The second-order valence-electron chi connectivity index (χ2n) is 4.92. The van der Waals surface area contributed by atoms with Crippen LogP contribution in [0.2, 0.25) is 0 Å². The SMILES string of the molecule is C1CC1c1noc(C23CNCC2C3)n1. The lowest BCUT2D eigenvalue weighted by Crippen LogP contribution is -2.19. The highest BCUT2D eigenvalue weighted by atomic mass is 16.5. The topological polar surface area (TPSA) is 51.0 Å². The second kappa shape index (κ2) is 2.19. The van der Waals surface area contributed by atoms with Gasteiger partial charge in [0.1, 0.15) is 0 Å². The van der Waals surface area contributed by atoms with Crippen LogP contribution in [-0.2, 0) is 5.41 Å². The number of nitrogens with zero attached hydrogens (tertiary/aromatic N) is 2. The fourth-order valence-corrected chi connectivity index (χ4v) is 2.62. The van der Waals surface area contributed by atoms with E-state index >= 15 is 0 Å². The summed E-state index contributed by atoms with van der Waals surface area (Å²) in [6.45, 7) is 2.16. The van der Waals surface area contributed by atoms with Crippen molar-refractivity contribution in [2.75, 3.05) is 13.1 Å². The summed E-state index contributed by atoms with van der Waals surface area (Å²) in [6, 6.07) is 0. The standard InChI is InChI=1S/C10H13N3O/c1-2-6(1)8-12-9(14-13-8)10-3-7(10)4-11-5-10/h6-7,11H,1-5H2. The first kappa shape index (κ1) is 7.40. The van der Waals surface area contributed by atoms with Gasteiger partial charge in [0.05, 0.1) is 5.41 Å². The Morgan fingerprint density at radius 1 is 1.43 bits per heavy atom. The summed E-state index contributed by atoms with van der Waals surface area (Å²) in [6.07, 6.45) is 3.73. The average Bonchev–Trinajstić information content (AvgIpc) is 3.09. The Morgan fingerprint density at radius 2 is 2.36 bits per heavy atom. The van der Waals surface area contributed by atoms with E-state index in [0.29, 0.717) is 5.92 Å². The highest BCUT2D eigenvalue weighted by molar-refractivity contribution is 5.26. The molecule has 4 nitrogen and oxygen atoms in total. The molecule has 0 spiro atoms. The van der Waals surface area contributed by atoms with Crippen LogP contribution in [-0.4, -0.2) is 23.2 Å². The van der Waals surface area contributed by atoms with E-state index in [-0.39, 0.29) is 5.41 Å². The molecule has 1 aliphatic heterocycles. The van der Waals surface area contributed by atoms with E-state index in [1.807, 2.05) is 0 Å². The van der Waals surface area contributed by atoms with Gasteiger partial charge in [-0.05, 0) is 31.7 Å². The van der Waals surface area contributed by atoms with Crippen molar-refractivity contribution in [2.24, 2.45) is 5.92 Å². The van der Waals surface area contributed by atoms with E-state index in [9.17, 15) is 0 Å². The Kier molecular flexibility index (Phi) is 1.16. The van der Waals surface area contributed by atoms with Gasteiger partial charge in [-0.3, -0.25) is 0 Å². The van der Waals surface area contributed by atoms with Crippen LogP contribution in [0.25, 0.3) is 0 Å². The second-order valence-corrected chi connectivity index (χ2v) is 4.92. The van der Waals surface area contributed by atoms with Crippen molar-refractivity contribution < 1.29 is 4.52 Å². The maximum absolute atomic E-state index is 5.39. The molecule has 1 aromatic heterocycles. The van der Waals surface area contributed by atoms with Crippen molar-refractivity contribution >= 4 is 0 Å². The number of rotatable bonds is 2. The van der Waals surface area contributed by atoms with E-state index in [2.05, 4.69) is 15.5 Å². The normalized spacial score (nSPS) is 39.9. The largest absolute Gasteiger partial charge is 0.339 e. The van der Waals surface area contributed by atoms with E-state index < -0.39 is 0 Å². The lowest BCUT2D eigenvalue weighted by molar-refractivity contribution is 0.342. The smallest absolute Gasteiger partial charge is 0.234 e.